The van der Waals surface area contributed by atoms with Crippen LogP contribution in [0, 0.1) is 0 Å². The van der Waals surface area contributed by atoms with E-state index >= 15 is 0 Å². The molecular formula is C6H10FN3O4. The lowest BCUT2D eigenvalue weighted by molar-refractivity contribution is -0.210. The molecule has 80 valence electrons. The van der Waals surface area contributed by atoms with E-state index < -0.39 is 37.3 Å². The van der Waals surface area contributed by atoms with Crippen LogP contribution >= 0.6 is 0 Å². The summed E-state index contributed by atoms with van der Waals surface area (Å²) in [7, 11) is 0. The number of halogens is 1. The molecule has 0 saturated carbocycles. The molecule has 0 aromatic heterocycles. The van der Waals surface area contributed by atoms with Crippen LogP contribution in [0.2, 0.25) is 0 Å². The van der Waals surface area contributed by atoms with Gasteiger partial charge in [-0.05, 0) is 5.53 Å². The average Bonchev–Trinajstić information content (AvgIpc) is 2.19. The minimum atomic E-state index is -2.00. The first-order valence-corrected chi connectivity index (χ1v) is 3.92. The van der Waals surface area contributed by atoms with Crippen LogP contribution in [0.15, 0.2) is 5.11 Å². The summed E-state index contributed by atoms with van der Waals surface area (Å²) in [6.45, 7) is -0.595. The van der Waals surface area contributed by atoms with Gasteiger partial charge in [0.1, 0.15) is 18.3 Å². The summed E-state index contributed by atoms with van der Waals surface area (Å²) >= 11 is 0. The minimum absolute atomic E-state index is 0.595. The van der Waals surface area contributed by atoms with Crippen LogP contribution in [0.5, 0.6) is 0 Å². The minimum Gasteiger partial charge on any atom is -0.394 e. The third kappa shape index (κ3) is 1.94. The maximum absolute atomic E-state index is 13.1. The van der Waals surface area contributed by atoms with Crippen LogP contribution in [-0.4, -0.2) is 52.6 Å². The van der Waals surface area contributed by atoms with Crippen molar-refractivity contribution in [3.63, 3.8) is 0 Å². The Balaban J connectivity index is 2.77. The van der Waals surface area contributed by atoms with Crippen molar-refractivity contribution in [3.8, 4) is 0 Å². The van der Waals surface area contributed by atoms with Gasteiger partial charge in [-0.2, -0.15) is 0 Å². The van der Waals surface area contributed by atoms with Gasteiger partial charge in [0, 0.05) is 4.91 Å². The topological polar surface area (TPSA) is 119 Å². The summed E-state index contributed by atoms with van der Waals surface area (Å²) in [5, 5.41) is 30.0. The Labute approximate surface area is 78.4 Å². The van der Waals surface area contributed by atoms with Crippen LogP contribution in [-0.2, 0) is 4.74 Å². The first kappa shape index (κ1) is 11.2. The molecule has 1 aliphatic rings. The molecule has 5 atom stereocenters. The number of hydrogen-bond donors (Lipinski definition) is 3. The van der Waals surface area contributed by atoms with Crippen LogP contribution in [0.4, 0.5) is 4.39 Å². The fourth-order valence-corrected chi connectivity index (χ4v) is 1.20. The third-order valence-electron chi connectivity index (χ3n) is 1.99. The fraction of sp³-hybridized carbons (Fsp3) is 1.00. The second-order valence-electron chi connectivity index (χ2n) is 2.88. The molecule has 1 aliphatic heterocycles. The van der Waals surface area contributed by atoms with Crippen molar-refractivity contribution < 1.29 is 24.4 Å². The Hall–Kier alpha value is -0.920. The molecule has 1 fully saturated rings. The zero-order valence-corrected chi connectivity index (χ0v) is 7.06. The molecule has 0 amide bonds. The lowest BCUT2D eigenvalue weighted by atomic mass is 9.99. The molecule has 1 heterocycles. The van der Waals surface area contributed by atoms with Gasteiger partial charge in [-0.3, -0.25) is 0 Å². The van der Waals surface area contributed by atoms with Crippen molar-refractivity contribution in [2.24, 2.45) is 5.11 Å². The second kappa shape index (κ2) is 4.54. The van der Waals surface area contributed by atoms with Gasteiger partial charge in [0.15, 0.2) is 12.4 Å². The fourth-order valence-electron chi connectivity index (χ4n) is 1.20. The number of nitrogens with zero attached hydrogens (tertiary/aromatic N) is 3. The Morgan fingerprint density at radius 3 is 2.57 bits per heavy atom. The SMILES string of the molecule is [N-]=[N+]=NC1O[C@H](CO)[C@@H](O)[C@H](O)[C@@H]1[18F]. The van der Waals surface area contributed by atoms with Crippen molar-refractivity contribution >= 4 is 0 Å². The number of rotatable bonds is 2. The molecule has 1 saturated heterocycles. The van der Waals surface area contributed by atoms with Crippen molar-refractivity contribution in [1.82, 2.24) is 0 Å². The summed E-state index contributed by atoms with van der Waals surface area (Å²) in [5.74, 6) is 0. The van der Waals surface area contributed by atoms with Gasteiger partial charge in [-0.1, -0.05) is 5.11 Å². The van der Waals surface area contributed by atoms with E-state index in [0.29, 0.717) is 0 Å². The summed E-state index contributed by atoms with van der Waals surface area (Å²) in [6.07, 6.45) is -7.91. The Bertz CT molecular complexity index is 245. The molecule has 1 rings (SSSR count). The van der Waals surface area contributed by atoms with Gasteiger partial charge in [-0.25, -0.2) is 4.39 Å². The van der Waals surface area contributed by atoms with Crippen molar-refractivity contribution in [2.45, 2.75) is 30.7 Å². The van der Waals surface area contributed by atoms with Gasteiger partial charge in [0.05, 0.1) is 6.61 Å². The maximum Gasteiger partial charge on any atom is 0.170 e. The Kier molecular flexibility index (Phi) is 3.62. The molecule has 0 bridgehead atoms. The molecule has 0 aromatic carbocycles. The lowest BCUT2D eigenvalue weighted by Crippen LogP contribution is -2.56. The Morgan fingerprint density at radius 2 is 2.07 bits per heavy atom. The van der Waals surface area contributed by atoms with E-state index in [2.05, 4.69) is 10.0 Å². The maximum atomic E-state index is 13.1. The van der Waals surface area contributed by atoms with E-state index in [1.54, 1.807) is 0 Å². The molecule has 0 radical (unpaired) electrons. The standard InChI is InChI=1S/C6H10FN3O4/c7-3-5(13)4(12)2(1-11)14-6(3)9-10-8/h2-6,11-13H,1H2/t2-,3+,4-,5-,6?/m1/s1/i7-1. The highest BCUT2D eigenvalue weighted by Crippen LogP contribution is 2.24. The number of ether oxygens (including phenoxy) is 1. The quantitative estimate of drug-likeness (QED) is 0.307. The van der Waals surface area contributed by atoms with E-state index in [0.717, 1.165) is 0 Å². The van der Waals surface area contributed by atoms with Crippen molar-refractivity contribution in [3.05, 3.63) is 10.4 Å². The van der Waals surface area contributed by atoms with E-state index in [-0.39, 0.29) is 0 Å². The first-order valence-electron chi connectivity index (χ1n) is 3.92. The number of azide groups is 1. The van der Waals surface area contributed by atoms with E-state index in [1.165, 1.54) is 0 Å². The predicted octanol–water partition coefficient (Wildman–Crippen LogP) is -0.926. The zero-order valence-electron chi connectivity index (χ0n) is 7.06. The normalized spacial score (nSPS) is 43.0. The summed E-state index contributed by atoms with van der Waals surface area (Å²) < 4.78 is 17.8. The van der Waals surface area contributed by atoms with Gasteiger partial charge in [0.2, 0.25) is 0 Å². The van der Waals surface area contributed by atoms with Gasteiger partial charge in [-0.15, -0.1) is 0 Å². The van der Waals surface area contributed by atoms with Gasteiger partial charge < -0.3 is 20.1 Å². The zero-order chi connectivity index (χ0) is 10.7. The molecule has 0 aliphatic carbocycles. The lowest BCUT2D eigenvalue weighted by Gasteiger charge is -2.36. The largest absolute Gasteiger partial charge is 0.394 e. The van der Waals surface area contributed by atoms with E-state index in [9.17, 15) is 9.50 Å². The van der Waals surface area contributed by atoms with Crippen LogP contribution < -0.4 is 0 Å². The van der Waals surface area contributed by atoms with Gasteiger partial charge >= 0.3 is 0 Å². The number of alkyl halides is 1. The van der Waals surface area contributed by atoms with E-state index in [4.69, 9.17) is 20.5 Å². The highest BCUT2D eigenvalue weighted by molar-refractivity contribution is 4.91. The number of aliphatic hydroxyl groups excluding tert-OH is 3. The molecule has 0 spiro atoms. The molecule has 1 unspecified atom stereocenters. The van der Waals surface area contributed by atoms with Crippen molar-refractivity contribution in [1.29, 1.82) is 0 Å². The Morgan fingerprint density at radius 1 is 1.43 bits per heavy atom. The molecule has 8 heteroatoms. The third-order valence-corrected chi connectivity index (χ3v) is 1.99. The van der Waals surface area contributed by atoms with Gasteiger partial charge in [0.25, 0.3) is 0 Å². The number of hydrogen-bond acceptors (Lipinski definition) is 5. The van der Waals surface area contributed by atoms with Crippen LogP contribution in [0.25, 0.3) is 10.4 Å². The summed E-state index contributed by atoms with van der Waals surface area (Å²) in [4.78, 5) is 2.32. The first-order chi connectivity index (χ1) is 6.61. The van der Waals surface area contributed by atoms with E-state index in [1.807, 2.05) is 0 Å². The summed E-state index contributed by atoms with van der Waals surface area (Å²) in [6, 6.07) is 0. The van der Waals surface area contributed by atoms with Crippen LogP contribution in [0.3, 0.4) is 0 Å². The molecule has 14 heavy (non-hydrogen) atoms. The second-order valence-corrected chi connectivity index (χ2v) is 2.88. The molecular weight excluding hydrogens is 196 g/mol. The highest BCUT2D eigenvalue weighted by Gasteiger charge is 2.44. The average molecular weight is 206 g/mol. The molecule has 3 N–H and O–H groups in total. The number of aliphatic hydroxyl groups is 3. The summed E-state index contributed by atoms with van der Waals surface area (Å²) in [5.41, 5.74) is 8.05. The van der Waals surface area contributed by atoms with Crippen molar-refractivity contribution in [2.75, 3.05) is 6.61 Å². The highest BCUT2D eigenvalue weighted by atomic mass is 18.2. The van der Waals surface area contributed by atoms with Crippen LogP contribution in [0.1, 0.15) is 0 Å². The predicted molar refractivity (Wildman–Crippen MR) is 41.8 cm³/mol. The molecule has 0 aromatic rings. The molecule has 7 nitrogen and oxygen atoms in total. The monoisotopic (exact) mass is 206 g/mol. The smallest absolute Gasteiger partial charge is 0.170 e.